The van der Waals surface area contributed by atoms with Crippen LogP contribution in [0.4, 0.5) is 0 Å². The number of hydrogen-bond acceptors (Lipinski definition) is 2. The third kappa shape index (κ3) is 16.1. The SMILES string of the molecule is CCCCCCCCCCCCc1csc(/C=C/c2cc(CCCCCCCCCCCC)cs2)c1. The molecule has 36 heavy (non-hydrogen) atoms. The maximum absolute atomic E-state index is 2.41. The van der Waals surface area contributed by atoms with Crippen LogP contribution in [0.5, 0.6) is 0 Å². The second kappa shape index (κ2) is 22.2. The number of hydrogen-bond donors (Lipinski definition) is 0. The van der Waals surface area contributed by atoms with Crippen LogP contribution in [0.25, 0.3) is 12.2 Å². The van der Waals surface area contributed by atoms with Crippen LogP contribution in [-0.2, 0) is 12.8 Å². The molecule has 0 fully saturated rings. The summed E-state index contributed by atoms with van der Waals surface area (Å²) in [6.07, 6.45) is 35.5. The van der Waals surface area contributed by atoms with Gasteiger partial charge in [0.25, 0.3) is 0 Å². The minimum atomic E-state index is 1.25. The number of thiophene rings is 2. The van der Waals surface area contributed by atoms with Crippen molar-refractivity contribution in [2.24, 2.45) is 0 Å². The highest BCUT2D eigenvalue weighted by Crippen LogP contribution is 2.23. The normalized spacial score (nSPS) is 11.7. The van der Waals surface area contributed by atoms with E-state index < -0.39 is 0 Å². The lowest BCUT2D eigenvalue weighted by Crippen LogP contribution is -1.84. The summed E-state index contributed by atoms with van der Waals surface area (Å²) in [6, 6.07) is 4.82. The third-order valence-electron chi connectivity index (χ3n) is 7.40. The van der Waals surface area contributed by atoms with Gasteiger partial charge in [0.15, 0.2) is 0 Å². The van der Waals surface area contributed by atoms with E-state index >= 15 is 0 Å². The fourth-order valence-electron chi connectivity index (χ4n) is 5.02. The highest BCUT2D eigenvalue weighted by Gasteiger charge is 2.01. The molecular formula is C34H56S2. The van der Waals surface area contributed by atoms with Crippen molar-refractivity contribution in [2.45, 2.75) is 155 Å². The Morgan fingerprint density at radius 1 is 0.444 bits per heavy atom. The Kier molecular flexibility index (Phi) is 19.3. The molecule has 0 N–H and O–H groups in total. The fourth-order valence-corrected chi connectivity index (χ4v) is 6.70. The minimum absolute atomic E-state index is 1.25. The van der Waals surface area contributed by atoms with Gasteiger partial charge in [0.1, 0.15) is 0 Å². The summed E-state index contributed by atoms with van der Waals surface area (Å²) in [6.45, 7) is 4.60. The quantitative estimate of drug-likeness (QED) is 0.119. The average molecular weight is 529 g/mol. The van der Waals surface area contributed by atoms with Gasteiger partial charge in [0.05, 0.1) is 0 Å². The zero-order chi connectivity index (χ0) is 25.5. The van der Waals surface area contributed by atoms with E-state index in [1.165, 1.54) is 162 Å². The molecule has 2 heteroatoms. The molecule has 0 saturated heterocycles. The van der Waals surface area contributed by atoms with Crippen LogP contribution >= 0.6 is 22.7 Å². The number of rotatable bonds is 24. The van der Waals surface area contributed by atoms with Gasteiger partial charge in [-0.1, -0.05) is 129 Å². The number of aryl methyl sites for hydroxylation is 2. The van der Waals surface area contributed by atoms with Gasteiger partial charge in [-0.2, -0.15) is 0 Å². The van der Waals surface area contributed by atoms with E-state index in [1.807, 2.05) is 22.7 Å². The van der Waals surface area contributed by atoms with Gasteiger partial charge in [0, 0.05) is 9.75 Å². The van der Waals surface area contributed by atoms with Gasteiger partial charge in [0.2, 0.25) is 0 Å². The van der Waals surface area contributed by atoms with Crippen molar-refractivity contribution >= 4 is 34.8 Å². The van der Waals surface area contributed by atoms with Gasteiger partial charge in [-0.25, -0.2) is 0 Å². The van der Waals surface area contributed by atoms with Gasteiger partial charge < -0.3 is 0 Å². The zero-order valence-corrected chi connectivity index (χ0v) is 25.5. The van der Waals surface area contributed by atoms with Crippen molar-refractivity contribution in [1.29, 1.82) is 0 Å². The van der Waals surface area contributed by atoms with Crippen molar-refractivity contribution in [3.8, 4) is 0 Å². The monoisotopic (exact) mass is 528 g/mol. The molecule has 0 saturated carbocycles. The summed E-state index contributed by atoms with van der Waals surface area (Å²) in [7, 11) is 0. The lowest BCUT2D eigenvalue weighted by atomic mass is 10.0. The molecule has 2 aromatic heterocycles. The summed E-state index contributed by atoms with van der Waals surface area (Å²) in [5.41, 5.74) is 3.07. The van der Waals surface area contributed by atoms with Gasteiger partial charge in [-0.3, -0.25) is 0 Å². The van der Waals surface area contributed by atoms with Gasteiger partial charge in [-0.05, 0) is 71.9 Å². The molecule has 0 amide bonds. The Morgan fingerprint density at radius 3 is 1.08 bits per heavy atom. The van der Waals surface area contributed by atoms with Crippen molar-refractivity contribution in [2.75, 3.05) is 0 Å². The van der Waals surface area contributed by atoms with Crippen molar-refractivity contribution in [1.82, 2.24) is 0 Å². The Hall–Kier alpha value is -0.860. The molecule has 0 radical (unpaired) electrons. The molecule has 0 aromatic carbocycles. The molecule has 2 rings (SSSR count). The maximum Gasteiger partial charge on any atom is 0.0273 e. The molecule has 204 valence electrons. The lowest BCUT2D eigenvalue weighted by molar-refractivity contribution is 0.556. The Morgan fingerprint density at radius 2 is 0.750 bits per heavy atom. The van der Waals surface area contributed by atoms with Crippen LogP contribution in [0.2, 0.25) is 0 Å². The van der Waals surface area contributed by atoms with Crippen LogP contribution in [-0.4, -0.2) is 0 Å². The van der Waals surface area contributed by atoms with Crippen molar-refractivity contribution < 1.29 is 0 Å². The molecule has 0 atom stereocenters. The van der Waals surface area contributed by atoms with Crippen LogP contribution in [0.1, 0.15) is 163 Å². The minimum Gasteiger partial charge on any atom is -0.144 e. The zero-order valence-electron chi connectivity index (χ0n) is 23.8. The first kappa shape index (κ1) is 31.4. The molecule has 0 unspecified atom stereocenters. The predicted octanol–water partition coefficient (Wildman–Crippen LogP) is 12.9. The molecular weight excluding hydrogens is 473 g/mol. The van der Waals surface area contributed by atoms with Crippen LogP contribution < -0.4 is 0 Å². The summed E-state index contributed by atoms with van der Waals surface area (Å²) < 4.78 is 0. The first-order chi connectivity index (χ1) is 17.8. The van der Waals surface area contributed by atoms with E-state index in [-0.39, 0.29) is 0 Å². The summed E-state index contributed by atoms with van der Waals surface area (Å²) >= 11 is 3.81. The molecule has 0 bridgehead atoms. The molecule has 0 aliphatic carbocycles. The van der Waals surface area contributed by atoms with E-state index in [9.17, 15) is 0 Å². The average Bonchev–Trinajstić information content (AvgIpc) is 3.54. The molecule has 0 aliphatic rings. The second-order valence-electron chi connectivity index (χ2n) is 10.9. The second-order valence-corrected chi connectivity index (χ2v) is 12.8. The summed E-state index contributed by atoms with van der Waals surface area (Å²) in [4.78, 5) is 2.81. The molecule has 0 spiro atoms. The highest BCUT2D eigenvalue weighted by atomic mass is 32.1. The standard InChI is InChI=1S/C34H56S2/c1-3-5-7-9-11-13-15-17-19-21-23-31-27-33(35-29-31)25-26-34-28-32(30-36-34)24-22-20-18-16-14-12-10-8-6-4-2/h25-30H,3-24H2,1-2H3/b26-25+. The van der Waals surface area contributed by atoms with E-state index in [0.29, 0.717) is 0 Å². The predicted molar refractivity (Wildman–Crippen MR) is 169 cm³/mol. The Balaban J connectivity index is 1.50. The topological polar surface area (TPSA) is 0 Å². The lowest BCUT2D eigenvalue weighted by Gasteiger charge is -2.02. The molecule has 2 aromatic rings. The summed E-state index contributed by atoms with van der Waals surface area (Å²) in [5.74, 6) is 0. The molecule has 2 heterocycles. The van der Waals surface area contributed by atoms with Crippen molar-refractivity contribution in [3.63, 3.8) is 0 Å². The summed E-state index contributed by atoms with van der Waals surface area (Å²) in [5, 5.41) is 4.75. The maximum atomic E-state index is 2.41. The van der Waals surface area contributed by atoms with Gasteiger partial charge >= 0.3 is 0 Å². The van der Waals surface area contributed by atoms with E-state index in [0.717, 1.165) is 0 Å². The Bertz CT molecular complexity index is 701. The highest BCUT2D eigenvalue weighted by molar-refractivity contribution is 7.12. The fraction of sp³-hybridized carbons (Fsp3) is 0.706. The van der Waals surface area contributed by atoms with Crippen LogP contribution in [0, 0.1) is 0 Å². The van der Waals surface area contributed by atoms with Crippen LogP contribution in [0.15, 0.2) is 22.9 Å². The first-order valence-corrected chi connectivity index (χ1v) is 17.4. The molecule has 0 nitrogen and oxygen atoms in total. The Labute approximate surface area is 233 Å². The van der Waals surface area contributed by atoms with Crippen LogP contribution in [0.3, 0.4) is 0 Å². The number of unbranched alkanes of at least 4 members (excludes halogenated alkanes) is 18. The first-order valence-electron chi connectivity index (χ1n) is 15.6. The van der Waals surface area contributed by atoms with E-state index in [1.54, 1.807) is 0 Å². The van der Waals surface area contributed by atoms with Gasteiger partial charge in [-0.15, -0.1) is 22.7 Å². The molecule has 0 aliphatic heterocycles. The van der Waals surface area contributed by atoms with E-state index in [2.05, 4.69) is 48.9 Å². The largest absolute Gasteiger partial charge is 0.144 e. The van der Waals surface area contributed by atoms with Crippen molar-refractivity contribution in [3.05, 3.63) is 43.8 Å². The smallest absolute Gasteiger partial charge is 0.0273 e. The third-order valence-corrected chi connectivity index (χ3v) is 9.29. The van der Waals surface area contributed by atoms with E-state index in [4.69, 9.17) is 0 Å².